The van der Waals surface area contributed by atoms with Crippen LogP contribution in [0.3, 0.4) is 0 Å². The van der Waals surface area contributed by atoms with Crippen molar-refractivity contribution in [2.75, 3.05) is 12.4 Å². The topological polar surface area (TPSA) is 56.2 Å². The molecule has 0 atom stereocenters. The van der Waals surface area contributed by atoms with Crippen molar-refractivity contribution in [2.24, 2.45) is 0 Å². The number of pyridine rings is 1. The third-order valence-electron chi connectivity index (χ3n) is 4.34. The lowest BCUT2D eigenvalue weighted by Crippen LogP contribution is -2.09. The molecule has 0 spiro atoms. The first kappa shape index (κ1) is 17.5. The van der Waals surface area contributed by atoms with Gasteiger partial charge in [-0.2, -0.15) is 13.2 Å². The number of aromatic nitrogens is 2. The molecule has 0 unspecified atom stereocenters. The third-order valence-corrected chi connectivity index (χ3v) is 4.34. The Morgan fingerprint density at radius 3 is 2.74 bits per heavy atom. The van der Waals surface area contributed by atoms with E-state index in [2.05, 4.69) is 10.3 Å². The van der Waals surface area contributed by atoms with Crippen LogP contribution in [0, 0.1) is 5.82 Å². The number of nitrogens with one attached hydrogen (secondary N) is 1. The summed E-state index contributed by atoms with van der Waals surface area (Å²) >= 11 is 0. The Bertz CT molecular complexity index is 1070. The van der Waals surface area contributed by atoms with Gasteiger partial charge in [-0.15, -0.1) is 0 Å². The van der Waals surface area contributed by atoms with E-state index in [1.54, 1.807) is 12.1 Å². The van der Waals surface area contributed by atoms with Gasteiger partial charge in [0.1, 0.15) is 17.2 Å². The van der Waals surface area contributed by atoms with Gasteiger partial charge in [0.15, 0.2) is 0 Å². The van der Waals surface area contributed by atoms with E-state index in [-0.39, 0.29) is 36.0 Å². The molecule has 9 heteroatoms. The van der Waals surface area contributed by atoms with Gasteiger partial charge in [0.05, 0.1) is 30.1 Å². The van der Waals surface area contributed by atoms with Crippen LogP contribution in [-0.4, -0.2) is 22.6 Å². The van der Waals surface area contributed by atoms with Gasteiger partial charge < -0.3 is 10.1 Å². The van der Waals surface area contributed by atoms with Crippen molar-refractivity contribution in [3.8, 4) is 5.69 Å². The minimum Gasteiger partial charge on any atom is -0.378 e. The predicted molar refractivity (Wildman–Crippen MR) is 89.1 cm³/mol. The summed E-state index contributed by atoms with van der Waals surface area (Å²) in [6.07, 6.45) is -4.61. The van der Waals surface area contributed by atoms with Crippen molar-refractivity contribution in [1.82, 2.24) is 9.55 Å². The normalized spacial score (nSPS) is 13.9. The number of carbonyl (C=O) groups excluding carboxylic acids is 1. The summed E-state index contributed by atoms with van der Waals surface area (Å²) in [6.45, 7) is 0.0909. The minimum absolute atomic E-state index is 0.000134. The monoisotopic (exact) mass is 379 g/mol. The second-order valence-corrected chi connectivity index (χ2v) is 6.20. The standard InChI is InChI=1S/C18H13F4N3O2/c1-27-8-12-4-9-2-3-14(18(20,21)22)23-17(9)25(12)11-5-10-6-15(26)24-16(10)13(19)7-11/h2-5,7H,6,8H2,1H3,(H,24,26). The molecular weight excluding hydrogens is 366 g/mol. The fraction of sp³-hybridized carbons (Fsp3) is 0.222. The van der Waals surface area contributed by atoms with Crippen LogP contribution in [0.5, 0.6) is 0 Å². The number of anilines is 1. The molecule has 1 aromatic carbocycles. The van der Waals surface area contributed by atoms with Crippen molar-refractivity contribution in [2.45, 2.75) is 19.2 Å². The predicted octanol–water partition coefficient (Wildman–Crippen LogP) is 3.82. The molecule has 0 saturated heterocycles. The average Bonchev–Trinajstić information content (AvgIpc) is 3.13. The molecule has 5 nitrogen and oxygen atoms in total. The van der Waals surface area contributed by atoms with Crippen molar-refractivity contribution >= 4 is 22.6 Å². The maximum absolute atomic E-state index is 14.4. The van der Waals surface area contributed by atoms with E-state index in [0.29, 0.717) is 16.6 Å². The number of hydrogen-bond donors (Lipinski definition) is 1. The number of methoxy groups -OCH3 is 1. The summed E-state index contributed by atoms with van der Waals surface area (Å²) in [5.74, 6) is -1.00. The Kier molecular flexibility index (Phi) is 3.92. The second kappa shape index (κ2) is 6.05. The zero-order chi connectivity index (χ0) is 19.3. The summed E-state index contributed by atoms with van der Waals surface area (Å²) in [5.41, 5.74) is 0.308. The zero-order valence-electron chi connectivity index (χ0n) is 14.0. The van der Waals surface area contributed by atoms with Crippen molar-refractivity contribution < 1.29 is 27.1 Å². The van der Waals surface area contributed by atoms with Gasteiger partial charge >= 0.3 is 6.18 Å². The van der Waals surface area contributed by atoms with Crippen LogP contribution in [0.2, 0.25) is 0 Å². The van der Waals surface area contributed by atoms with E-state index >= 15 is 0 Å². The molecule has 1 aliphatic rings. The maximum Gasteiger partial charge on any atom is 0.433 e. The Morgan fingerprint density at radius 1 is 1.26 bits per heavy atom. The summed E-state index contributed by atoms with van der Waals surface area (Å²) < 4.78 is 60.3. The summed E-state index contributed by atoms with van der Waals surface area (Å²) in [4.78, 5) is 15.3. The summed E-state index contributed by atoms with van der Waals surface area (Å²) in [5, 5.41) is 2.89. The first-order valence-corrected chi connectivity index (χ1v) is 7.98. The first-order chi connectivity index (χ1) is 12.8. The number of benzene rings is 1. The van der Waals surface area contributed by atoms with Gasteiger partial charge in [-0.1, -0.05) is 0 Å². The van der Waals surface area contributed by atoms with Gasteiger partial charge in [-0.05, 0) is 29.8 Å². The highest BCUT2D eigenvalue weighted by atomic mass is 19.4. The lowest BCUT2D eigenvalue weighted by molar-refractivity contribution is -0.141. The number of amides is 1. The fourth-order valence-electron chi connectivity index (χ4n) is 3.24. The zero-order valence-corrected chi connectivity index (χ0v) is 14.0. The van der Waals surface area contributed by atoms with Crippen molar-refractivity contribution in [3.63, 3.8) is 0 Å². The lowest BCUT2D eigenvalue weighted by atomic mass is 10.1. The van der Waals surface area contributed by atoms with Crippen LogP contribution >= 0.6 is 0 Å². The quantitative estimate of drug-likeness (QED) is 0.704. The largest absolute Gasteiger partial charge is 0.433 e. The molecule has 0 radical (unpaired) electrons. The Hall–Kier alpha value is -2.94. The molecule has 140 valence electrons. The Morgan fingerprint density at radius 2 is 2.04 bits per heavy atom. The maximum atomic E-state index is 14.4. The molecule has 3 heterocycles. The molecule has 0 saturated carbocycles. The highest BCUT2D eigenvalue weighted by molar-refractivity contribution is 5.99. The van der Waals surface area contributed by atoms with E-state index in [4.69, 9.17) is 4.74 Å². The first-order valence-electron chi connectivity index (χ1n) is 7.98. The number of alkyl halides is 3. The Labute approximate surface area is 150 Å². The van der Waals surface area contributed by atoms with Crippen molar-refractivity contribution in [1.29, 1.82) is 0 Å². The van der Waals surface area contributed by atoms with Crippen LogP contribution in [0.25, 0.3) is 16.7 Å². The molecule has 0 aliphatic carbocycles. The van der Waals surface area contributed by atoms with Crippen LogP contribution in [-0.2, 0) is 28.7 Å². The third kappa shape index (κ3) is 2.93. The number of rotatable bonds is 3. The SMILES string of the molecule is COCc1cc2ccc(C(F)(F)F)nc2n1-c1cc(F)c2c(c1)CC(=O)N2. The molecule has 2 aromatic heterocycles. The number of hydrogen-bond acceptors (Lipinski definition) is 3. The molecule has 1 amide bonds. The van der Waals surface area contributed by atoms with E-state index in [1.807, 2.05) is 0 Å². The van der Waals surface area contributed by atoms with Crippen LogP contribution in [0.1, 0.15) is 17.0 Å². The molecule has 27 heavy (non-hydrogen) atoms. The Balaban J connectivity index is 1.97. The molecule has 1 aliphatic heterocycles. The lowest BCUT2D eigenvalue weighted by Gasteiger charge is -2.13. The molecular formula is C18H13F4N3O2. The molecule has 0 bridgehead atoms. The second-order valence-electron chi connectivity index (χ2n) is 6.20. The number of ether oxygens (including phenoxy) is 1. The van der Waals surface area contributed by atoms with E-state index in [0.717, 1.165) is 12.1 Å². The van der Waals surface area contributed by atoms with E-state index in [1.165, 1.54) is 17.7 Å². The van der Waals surface area contributed by atoms with E-state index in [9.17, 15) is 22.4 Å². The number of halogens is 4. The van der Waals surface area contributed by atoms with Gasteiger partial charge in [-0.3, -0.25) is 9.36 Å². The van der Waals surface area contributed by atoms with Crippen LogP contribution in [0.4, 0.5) is 23.2 Å². The fourth-order valence-corrected chi connectivity index (χ4v) is 3.24. The molecule has 0 fully saturated rings. The van der Waals surface area contributed by atoms with Crippen LogP contribution < -0.4 is 5.32 Å². The van der Waals surface area contributed by atoms with Gasteiger partial charge in [0, 0.05) is 18.6 Å². The summed E-state index contributed by atoms with van der Waals surface area (Å²) in [7, 11) is 1.45. The van der Waals surface area contributed by atoms with Gasteiger partial charge in [0.25, 0.3) is 0 Å². The highest BCUT2D eigenvalue weighted by Gasteiger charge is 2.33. The minimum atomic E-state index is -4.61. The number of nitrogens with zero attached hydrogens (tertiary/aromatic N) is 2. The highest BCUT2D eigenvalue weighted by Crippen LogP contribution is 2.34. The smallest absolute Gasteiger partial charge is 0.378 e. The van der Waals surface area contributed by atoms with E-state index < -0.39 is 17.7 Å². The van der Waals surface area contributed by atoms with Gasteiger partial charge in [0.2, 0.25) is 5.91 Å². The average molecular weight is 379 g/mol. The molecule has 4 rings (SSSR count). The summed E-state index contributed by atoms with van der Waals surface area (Å²) in [6, 6.07) is 6.58. The van der Waals surface area contributed by atoms with Gasteiger partial charge in [-0.25, -0.2) is 9.37 Å². The van der Waals surface area contributed by atoms with Crippen LogP contribution in [0.15, 0.2) is 30.3 Å². The van der Waals surface area contributed by atoms with Crippen molar-refractivity contribution in [3.05, 3.63) is 53.1 Å². The number of fused-ring (bicyclic) bond motifs is 2. The molecule has 1 N–H and O–H groups in total. The molecule has 3 aromatic rings. The number of carbonyl (C=O) groups is 1.